The molecule has 1 N–H and O–H groups in total. The van der Waals surface area contributed by atoms with E-state index in [0.29, 0.717) is 10.6 Å². The maximum atomic E-state index is 13.2. The van der Waals surface area contributed by atoms with Crippen LogP contribution in [0.2, 0.25) is 5.02 Å². The number of rotatable bonds is 6. The lowest BCUT2D eigenvalue weighted by Gasteiger charge is -2.20. The third-order valence-corrected chi connectivity index (χ3v) is 4.47. The molecule has 132 valence electrons. The van der Waals surface area contributed by atoms with Crippen molar-refractivity contribution in [2.24, 2.45) is 0 Å². The SMILES string of the molecule is Cc1ccc(C(=O)C[C@H](Nc2ccc(F)cc2)c2ccc(Cl)cc2)cc1. The summed E-state index contributed by atoms with van der Waals surface area (Å²) in [6.45, 7) is 1.99. The summed E-state index contributed by atoms with van der Waals surface area (Å²) in [6.07, 6.45) is 0.280. The Hall–Kier alpha value is -2.65. The number of hydrogen-bond acceptors (Lipinski definition) is 2. The topological polar surface area (TPSA) is 29.1 Å². The van der Waals surface area contributed by atoms with Crippen LogP contribution < -0.4 is 5.32 Å². The molecule has 0 aliphatic carbocycles. The highest BCUT2D eigenvalue weighted by atomic mass is 35.5. The number of carbonyl (C=O) groups excluding carboxylic acids is 1. The highest BCUT2D eigenvalue weighted by Crippen LogP contribution is 2.26. The quantitative estimate of drug-likeness (QED) is 0.524. The van der Waals surface area contributed by atoms with Gasteiger partial charge in [0.15, 0.2) is 5.78 Å². The fraction of sp³-hybridized carbons (Fsp3) is 0.136. The molecule has 0 bridgehead atoms. The van der Waals surface area contributed by atoms with E-state index in [1.54, 1.807) is 24.3 Å². The van der Waals surface area contributed by atoms with Crippen LogP contribution in [0.1, 0.15) is 33.9 Å². The molecule has 0 saturated heterocycles. The van der Waals surface area contributed by atoms with Gasteiger partial charge in [-0.3, -0.25) is 4.79 Å². The van der Waals surface area contributed by atoms with Gasteiger partial charge < -0.3 is 5.32 Å². The van der Waals surface area contributed by atoms with Gasteiger partial charge in [0.1, 0.15) is 5.82 Å². The van der Waals surface area contributed by atoms with Crippen LogP contribution in [0.3, 0.4) is 0 Å². The summed E-state index contributed by atoms with van der Waals surface area (Å²) in [4.78, 5) is 12.7. The molecule has 4 heteroatoms. The maximum absolute atomic E-state index is 13.2. The summed E-state index contributed by atoms with van der Waals surface area (Å²) in [5.41, 5.74) is 3.48. The second-order valence-electron chi connectivity index (χ2n) is 6.25. The highest BCUT2D eigenvalue weighted by Gasteiger charge is 2.17. The largest absolute Gasteiger partial charge is 0.378 e. The van der Waals surface area contributed by atoms with Gasteiger partial charge in [0.25, 0.3) is 0 Å². The number of nitrogens with one attached hydrogen (secondary N) is 1. The number of hydrogen-bond donors (Lipinski definition) is 1. The molecule has 0 aliphatic heterocycles. The van der Waals surface area contributed by atoms with Gasteiger partial charge in [-0.05, 0) is 48.9 Å². The molecular formula is C22H19ClFNO. The smallest absolute Gasteiger partial charge is 0.165 e. The molecule has 0 fully saturated rings. The predicted molar refractivity (Wildman–Crippen MR) is 104 cm³/mol. The molecular weight excluding hydrogens is 349 g/mol. The van der Waals surface area contributed by atoms with Crippen LogP contribution in [-0.2, 0) is 0 Å². The van der Waals surface area contributed by atoms with Crippen LogP contribution >= 0.6 is 11.6 Å². The molecule has 26 heavy (non-hydrogen) atoms. The molecule has 0 heterocycles. The van der Waals surface area contributed by atoms with Crippen LogP contribution in [0, 0.1) is 12.7 Å². The van der Waals surface area contributed by atoms with Crippen LogP contribution in [0.4, 0.5) is 10.1 Å². The Morgan fingerprint density at radius 1 is 0.962 bits per heavy atom. The number of carbonyl (C=O) groups is 1. The van der Waals surface area contributed by atoms with E-state index in [1.165, 1.54) is 12.1 Å². The Kier molecular flexibility index (Phi) is 5.69. The standard InChI is InChI=1S/C22H19ClFNO/c1-15-2-4-17(5-3-15)22(26)14-21(16-6-8-18(23)9-7-16)25-20-12-10-19(24)11-13-20/h2-13,21,25H,14H2,1H3/t21-/m0/s1. The van der Waals surface area contributed by atoms with E-state index in [2.05, 4.69) is 5.32 Å². The molecule has 1 atom stereocenters. The molecule has 3 aromatic rings. The third kappa shape index (κ3) is 4.70. The third-order valence-electron chi connectivity index (χ3n) is 4.22. The van der Waals surface area contributed by atoms with Crippen molar-refractivity contribution in [3.05, 3.63) is 100 Å². The van der Waals surface area contributed by atoms with Crippen molar-refractivity contribution in [2.45, 2.75) is 19.4 Å². The Morgan fingerprint density at radius 2 is 1.58 bits per heavy atom. The second kappa shape index (κ2) is 8.15. The Bertz CT molecular complexity index is 874. The molecule has 0 saturated carbocycles. The molecule has 0 aromatic heterocycles. The number of aryl methyl sites for hydroxylation is 1. The molecule has 0 spiro atoms. The van der Waals surface area contributed by atoms with E-state index < -0.39 is 0 Å². The zero-order chi connectivity index (χ0) is 18.5. The minimum Gasteiger partial charge on any atom is -0.378 e. The zero-order valence-electron chi connectivity index (χ0n) is 14.4. The first-order valence-electron chi connectivity index (χ1n) is 8.39. The Labute approximate surface area is 157 Å². The molecule has 3 rings (SSSR count). The van der Waals surface area contributed by atoms with Crippen molar-refractivity contribution in [1.82, 2.24) is 0 Å². The molecule has 0 radical (unpaired) electrons. The van der Waals surface area contributed by atoms with Gasteiger partial charge in [0, 0.05) is 22.7 Å². The van der Waals surface area contributed by atoms with Gasteiger partial charge in [0.05, 0.1) is 6.04 Å². The van der Waals surface area contributed by atoms with E-state index in [9.17, 15) is 9.18 Å². The van der Waals surface area contributed by atoms with Crippen molar-refractivity contribution < 1.29 is 9.18 Å². The van der Waals surface area contributed by atoms with Gasteiger partial charge in [0.2, 0.25) is 0 Å². The van der Waals surface area contributed by atoms with E-state index in [-0.39, 0.29) is 24.1 Å². The molecule has 0 amide bonds. The van der Waals surface area contributed by atoms with Crippen LogP contribution in [0.5, 0.6) is 0 Å². The van der Waals surface area contributed by atoms with Crippen molar-refractivity contribution >= 4 is 23.1 Å². The monoisotopic (exact) mass is 367 g/mol. The molecule has 3 aromatic carbocycles. The summed E-state index contributed by atoms with van der Waals surface area (Å²) in [5, 5.41) is 3.96. The van der Waals surface area contributed by atoms with Crippen LogP contribution in [0.25, 0.3) is 0 Å². The predicted octanol–water partition coefficient (Wildman–Crippen LogP) is 6.21. The first kappa shape index (κ1) is 18.2. The minimum absolute atomic E-state index is 0.0413. The van der Waals surface area contributed by atoms with Crippen LogP contribution in [-0.4, -0.2) is 5.78 Å². The molecule has 2 nitrogen and oxygen atoms in total. The number of halogens is 2. The maximum Gasteiger partial charge on any atom is 0.165 e. The van der Waals surface area contributed by atoms with Gasteiger partial charge in [-0.15, -0.1) is 0 Å². The zero-order valence-corrected chi connectivity index (χ0v) is 15.1. The normalized spacial score (nSPS) is 11.8. The van der Waals surface area contributed by atoms with E-state index >= 15 is 0 Å². The number of anilines is 1. The summed E-state index contributed by atoms with van der Waals surface area (Å²) in [7, 11) is 0. The van der Waals surface area contributed by atoms with Crippen molar-refractivity contribution in [3.8, 4) is 0 Å². The van der Waals surface area contributed by atoms with Gasteiger partial charge >= 0.3 is 0 Å². The summed E-state index contributed by atoms with van der Waals surface area (Å²) >= 11 is 5.98. The van der Waals surface area contributed by atoms with E-state index in [1.807, 2.05) is 43.3 Å². The average Bonchev–Trinajstić information content (AvgIpc) is 2.64. The lowest BCUT2D eigenvalue weighted by molar-refractivity contribution is 0.0976. The van der Waals surface area contributed by atoms with Crippen molar-refractivity contribution in [1.29, 1.82) is 0 Å². The lowest BCUT2D eigenvalue weighted by atomic mass is 9.97. The van der Waals surface area contributed by atoms with Gasteiger partial charge in [-0.2, -0.15) is 0 Å². The number of ketones is 1. The van der Waals surface area contributed by atoms with E-state index in [0.717, 1.165) is 16.8 Å². The summed E-state index contributed by atoms with van der Waals surface area (Å²) < 4.78 is 13.2. The Balaban J connectivity index is 1.84. The average molecular weight is 368 g/mol. The number of Topliss-reactive ketones (excluding diaryl/α,β-unsaturated/α-hetero) is 1. The first-order valence-corrected chi connectivity index (χ1v) is 8.76. The number of benzene rings is 3. The molecule has 0 unspecified atom stereocenters. The van der Waals surface area contributed by atoms with Crippen molar-refractivity contribution in [2.75, 3.05) is 5.32 Å². The Morgan fingerprint density at radius 3 is 2.19 bits per heavy atom. The second-order valence-corrected chi connectivity index (χ2v) is 6.69. The lowest BCUT2D eigenvalue weighted by Crippen LogP contribution is -2.16. The van der Waals surface area contributed by atoms with Crippen LogP contribution in [0.15, 0.2) is 72.8 Å². The van der Waals surface area contributed by atoms with E-state index in [4.69, 9.17) is 11.6 Å². The minimum atomic E-state index is -0.297. The van der Waals surface area contributed by atoms with Gasteiger partial charge in [-0.1, -0.05) is 53.6 Å². The van der Waals surface area contributed by atoms with Gasteiger partial charge in [-0.25, -0.2) is 4.39 Å². The summed E-state index contributed by atoms with van der Waals surface area (Å²) in [5.74, 6) is -0.256. The highest BCUT2D eigenvalue weighted by molar-refractivity contribution is 6.30. The fourth-order valence-corrected chi connectivity index (χ4v) is 2.86. The fourth-order valence-electron chi connectivity index (χ4n) is 2.74. The first-order chi connectivity index (χ1) is 12.5. The summed E-state index contributed by atoms with van der Waals surface area (Å²) in [6, 6.07) is 20.8. The molecule has 0 aliphatic rings. The van der Waals surface area contributed by atoms with Crippen molar-refractivity contribution in [3.63, 3.8) is 0 Å².